The van der Waals surface area contributed by atoms with Gasteiger partial charge in [-0.3, -0.25) is 4.99 Å². The Morgan fingerprint density at radius 1 is 1.19 bits per heavy atom. The van der Waals surface area contributed by atoms with E-state index in [1.54, 1.807) is 19.4 Å². The topological polar surface area (TPSA) is 60.9 Å². The number of rotatable bonds is 8. The SMILES string of the molecule is CCCN(CCOC)c1ccc(N=Cc2c(O)[nH]c3cc(F)ccc23)cc1. The molecule has 0 saturated heterocycles. The average molecular weight is 369 g/mol. The van der Waals surface area contributed by atoms with E-state index in [1.165, 1.54) is 12.1 Å². The van der Waals surface area contributed by atoms with Crippen LogP contribution in [-0.4, -0.2) is 43.1 Å². The molecule has 0 aliphatic rings. The number of benzene rings is 2. The Labute approximate surface area is 158 Å². The maximum absolute atomic E-state index is 13.3. The number of aromatic hydroxyl groups is 1. The molecular weight excluding hydrogens is 345 g/mol. The molecule has 1 heterocycles. The lowest BCUT2D eigenvalue weighted by Gasteiger charge is -2.24. The van der Waals surface area contributed by atoms with E-state index in [9.17, 15) is 9.50 Å². The number of hydrogen-bond donors (Lipinski definition) is 2. The van der Waals surface area contributed by atoms with Crippen molar-refractivity contribution in [2.75, 3.05) is 31.7 Å². The number of anilines is 1. The minimum atomic E-state index is -0.354. The van der Waals surface area contributed by atoms with Gasteiger partial charge in [-0.25, -0.2) is 4.39 Å². The molecule has 0 aliphatic carbocycles. The second kappa shape index (κ2) is 8.68. The average Bonchev–Trinajstić information content (AvgIpc) is 2.98. The van der Waals surface area contributed by atoms with Gasteiger partial charge in [0.1, 0.15) is 5.82 Å². The fourth-order valence-electron chi connectivity index (χ4n) is 3.04. The lowest BCUT2D eigenvalue weighted by molar-refractivity contribution is 0.205. The van der Waals surface area contributed by atoms with Gasteiger partial charge < -0.3 is 19.7 Å². The van der Waals surface area contributed by atoms with E-state index in [4.69, 9.17) is 4.74 Å². The summed E-state index contributed by atoms with van der Waals surface area (Å²) in [5, 5.41) is 10.8. The lowest BCUT2D eigenvalue weighted by atomic mass is 10.2. The Hall–Kier alpha value is -2.86. The van der Waals surface area contributed by atoms with Gasteiger partial charge in [-0.15, -0.1) is 0 Å². The van der Waals surface area contributed by atoms with Crippen LogP contribution in [0.2, 0.25) is 0 Å². The van der Waals surface area contributed by atoms with Crippen molar-refractivity contribution < 1.29 is 14.2 Å². The smallest absolute Gasteiger partial charge is 0.198 e. The summed E-state index contributed by atoms with van der Waals surface area (Å²) in [7, 11) is 1.70. The van der Waals surface area contributed by atoms with Crippen LogP contribution in [0.1, 0.15) is 18.9 Å². The molecule has 1 aromatic heterocycles. The third-order valence-electron chi connectivity index (χ3n) is 4.40. The standard InChI is InChI=1S/C21H24FN3O2/c1-3-10-25(11-12-27-2)17-7-5-16(6-8-17)23-14-19-18-9-4-15(22)13-20(18)24-21(19)26/h4-9,13-14,24,26H,3,10-12H2,1-2H3. The summed E-state index contributed by atoms with van der Waals surface area (Å²) < 4.78 is 18.5. The molecule has 0 unspecified atom stereocenters. The van der Waals surface area contributed by atoms with Crippen molar-refractivity contribution in [1.29, 1.82) is 0 Å². The van der Waals surface area contributed by atoms with Crippen LogP contribution in [0.15, 0.2) is 47.5 Å². The molecule has 2 N–H and O–H groups in total. The fourth-order valence-corrected chi connectivity index (χ4v) is 3.04. The third kappa shape index (κ3) is 4.46. The van der Waals surface area contributed by atoms with Gasteiger partial charge in [0, 0.05) is 37.5 Å². The molecule has 0 radical (unpaired) electrons. The van der Waals surface area contributed by atoms with Crippen LogP contribution < -0.4 is 4.90 Å². The van der Waals surface area contributed by atoms with E-state index in [0.29, 0.717) is 17.7 Å². The summed E-state index contributed by atoms with van der Waals surface area (Å²) in [6.07, 6.45) is 2.65. The number of fused-ring (bicyclic) bond motifs is 1. The molecule has 0 saturated carbocycles. The summed E-state index contributed by atoms with van der Waals surface area (Å²) >= 11 is 0. The molecule has 0 aliphatic heterocycles. The van der Waals surface area contributed by atoms with Crippen molar-refractivity contribution in [1.82, 2.24) is 4.98 Å². The first-order chi connectivity index (χ1) is 13.1. The zero-order valence-electron chi connectivity index (χ0n) is 15.6. The molecule has 0 amide bonds. The van der Waals surface area contributed by atoms with Crippen LogP contribution in [0.5, 0.6) is 5.88 Å². The van der Waals surface area contributed by atoms with E-state index < -0.39 is 0 Å². The summed E-state index contributed by atoms with van der Waals surface area (Å²) in [6, 6.07) is 12.3. The molecule has 3 rings (SSSR count). The van der Waals surface area contributed by atoms with Crippen molar-refractivity contribution in [2.24, 2.45) is 4.99 Å². The third-order valence-corrected chi connectivity index (χ3v) is 4.40. The van der Waals surface area contributed by atoms with Crippen LogP contribution in [0.25, 0.3) is 10.9 Å². The van der Waals surface area contributed by atoms with Crippen molar-refractivity contribution in [3.05, 3.63) is 53.8 Å². The summed E-state index contributed by atoms with van der Waals surface area (Å²) in [5.41, 5.74) is 2.98. The normalized spacial score (nSPS) is 11.5. The molecule has 0 bridgehead atoms. The molecule has 0 atom stereocenters. The molecule has 2 aromatic carbocycles. The number of aromatic nitrogens is 1. The van der Waals surface area contributed by atoms with E-state index in [2.05, 4.69) is 21.8 Å². The second-order valence-electron chi connectivity index (χ2n) is 6.33. The van der Waals surface area contributed by atoms with Gasteiger partial charge in [0.15, 0.2) is 5.88 Å². The highest BCUT2D eigenvalue weighted by Crippen LogP contribution is 2.27. The minimum Gasteiger partial charge on any atom is -0.494 e. The van der Waals surface area contributed by atoms with Crippen LogP contribution in [0, 0.1) is 5.82 Å². The highest BCUT2D eigenvalue weighted by molar-refractivity contribution is 6.02. The second-order valence-corrected chi connectivity index (χ2v) is 6.33. The van der Waals surface area contributed by atoms with Crippen LogP contribution in [0.3, 0.4) is 0 Å². The number of aliphatic imine (C=N–C) groups is 1. The van der Waals surface area contributed by atoms with E-state index in [0.717, 1.165) is 36.3 Å². The predicted molar refractivity (Wildman–Crippen MR) is 108 cm³/mol. The summed E-state index contributed by atoms with van der Waals surface area (Å²) in [6.45, 7) is 4.64. The maximum Gasteiger partial charge on any atom is 0.198 e. The summed E-state index contributed by atoms with van der Waals surface area (Å²) in [5.74, 6) is -0.377. The molecule has 0 spiro atoms. The van der Waals surface area contributed by atoms with Crippen LogP contribution in [0.4, 0.5) is 15.8 Å². The number of hydrogen-bond acceptors (Lipinski definition) is 4. The molecule has 5 nitrogen and oxygen atoms in total. The van der Waals surface area contributed by atoms with E-state index >= 15 is 0 Å². The number of H-pyrrole nitrogens is 1. The summed E-state index contributed by atoms with van der Waals surface area (Å²) in [4.78, 5) is 9.49. The monoisotopic (exact) mass is 369 g/mol. The number of methoxy groups -OCH3 is 1. The van der Waals surface area contributed by atoms with Gasteiger partial charge in [0.05, 0.1) is 23.4 Å². The highest BCUT2D eigenvalue weighted by Gasteiger charge is 2.09. The van der Waals surface area contributed by atoms with Crippen LogP contribution in [-0.2, 0) is 4.74 Å². The largest absolute Gasteiger partial charge is 0.494 e. The van der Waals surface area contributed by atoms with Gasteiger partial charge in [-0.05, 0) is 48.9 Å². The quantitative estimate of drug-likeness (QED) is 0.569. The lowest BCUT2D eigenvalue weighted by Crippen LogP contribution is -2.27. The highest BCUT2D eigenvalue weighted by atomic mass is 19.1. The Morgan fingerprint density at radius 2 is 1.96 bits per heavy atom. The van der Waals surface area contributed by atoms with Crippen molar-refractivity contribution in [3.63, 3.8) is 0 Å². The first-order valence-corrected chi connectivity index (χ1v) is 9.00. The van der Waals surface area contributed by atoms with Crippen molar-refractivity contribution in [2.45, 2.75) is 13.3 Å². The Balaban J connectivity index is 1.79. The molecule has 27 heavy (non-hydrogen) atoms. The van der Waals surface area contributed by atoms with Crippen molar-refractivity contribution in [3.8, 4) is 5.88 Å². The molecule has 3 aromatic rings. The van der Waals surface area contributed by atoms with Crippen molar-refractivity contribution >= 4 is 28.5 Å². The van der Waals surface area contributed by atoms with Gasteiger partial charge in [0.25, 0.3) is 0 Å². The molecule has 142 valence electrons. The van der Waals surface area contributed by atoms with Gasteiger partial charge in [-0.1, -0.05) is 6.92 Å². The minimum absolute atomic E-state index is 0.0235. The predicted octanol–water partition coefficient (Wildman–Crippen LogP) is 4.63. The van der Waals surface area contributed by atoms with E-state index in [-0.39, 0.29) is 11.7 Å². The number of nitrogens with one attached hydrogen (secondary N) is 1. The number of halogens is 1. The maximum atomic E-state index is 13.3. The van der Waals surface area contributed by atoms with Gasteiger partial charge >= 0.3 is 0 Å². The number of aromatic amines is 1. The molecule has 6 heteroatoms. The first-order valence-electron chi connectivity index (χ1n) is 9.00. The Morgan fingerprint density at radius 3 is 2.67 bits per heavy atom. The number of ether oxygens (including phenoxy) is 1. The molecular formula is C21H24FN3O2. The Bertz CT molecular complexity index is 919. The Kier molecular flexibility index (Phi) is 6.08. The van der Waals surface area contributed by atoms with Gasteiger partial charge in [0.2, 0.25) is 0 Å². The zero-order chi connectivity index (χ0) is 19.2. The van der Waals surface area contributed by atoms with Gasteiger partial charge in [-0.2, -0.15) is 0 Å². The molecule has 0 fully saturated rings. The zero-order valence-corrected chi connectivity index (χ0v) is 15.6. The fraction of sp³-hybridized carbons (Fsp3) is 0.286. The number of nitrogens with zero attached hydrogens (tertiary/aromatic N) is 2. The van der Waals surface area contributed by atoms with E-state index in [1.807, 2.05) is 24.3 Å². The van der Waals surface area contributed by atoms with Crippen LogP contribution >= 0.6 is 0 Å². The first kappa shape index (κ1) is 18.9.